The number of para-hydroxylation sites is 1. The van der Waals surface area contributed by atoms with Crippen LogP contribution < -0.4 is 4.74 Å². The van der Waals surface area contributed by atoms with Crippen molar-refractivity contribution in [3.63, 3.8) is 0 Å². The van der Waals surface area contributed by atoms with Gasteiger partial charge in [0.2, 0.25) is 0 Å². The quantitative estimate of drug-likeness (QED) is 0.759. The van der Waals surface area contributed by atoms with Gasteiger partial charge >= 0.3 is 0 Å². The van der Waals surface area contributed by atoms with Crippen LogP contribution in [-0.4, -0.2) is 62.7 Å². The molecule has 2 aromatic rings. The van der Waals surface area contributed by atoms with E-state index in [0.717, 1.165) is 12.1 Å². The average molecular weight is 389 g/mol. The molecule has 0 saturated carbocycles. The fourth-order valence-corrected chi connectivity index (χ4v) is 3.12. The highest BCUT2D eigenvalue weighted by molar-refractivity contribution is 6.30. The third kappa shape index (κ3) is 5.22. The number of hydrogen-bond donors (Lipinski definition) is 0. The van der Waals surface area contributed by atoms with Crippen LogP contribution in [0.1, 0.15) is 22.0 Å². The Labute approximate surface area is 165 Å². The topological polar surface area (TPSA) is 42.0 Å². The fraction of sp³-hybridized carbons (Fsp3) is 0.381. The number of hydrogen-bond acceptors (Lipinski definition) is 4. The van der Waals surface area contributed by atoms with Gasteiger partial charge in [0.1, 0.15) is 18.5 Å². The predicted molar refractivity (Wildman–Crippen MR) is 107 cm³/mol. The molecule has 0 spiro atoms. The molecule has 1 amide bonds. The van der Waals surface area contributed by atoms with Gasteiger partial charge in [0.05, 0.1) is 18.7 Å². The molecule has 0 bridgehead atoms. The number of halogens is 1. The second-order valence-corrected chi connectivity index (χ2v) is 7.25. The van der Waals surface area contributed by atoms with Gasteiger partial charge in [-0.25, -0.2) is 0 Å². The maximum absolute atomic E-state index is 13.1. The van der Waals surface area contributed by atoms with Crippen LogP contribution in [0.5, 0.6) is 5.75 Å². The van der Waals surface area contributed by atoms with Crippen molar-refractivity contribution in [2.75, 3.05) is 46.9 Å². The molecule has 1 fully saturated rings. The molecule has 1 unspecified atom stereocenters. The Bertz CT molecular complexity index is 764. The number of amides is 1. The van der Waals surface area contributed by atoms with Crippen LogP contribution in [-0.2, 0) is 4.74 Å². The van der Waals surface area contributed by atoms with Crippen LogP contribution in [0.2, 0.25) is 5.02 Å². The van der Waals surface area contributed by atoms with E-state index in [1.807, 2.05) is 72.4 Å². The average Bonchev–Trinajstić information content (AvgIpc) is 2.68. The molecular weight excluding hydrogens is 364 g/mol. The SMILES string of the molecule is CN(C)CCOc1ccccc1C(=O)N1CCOC(c2ccc(Cl)cc2)C1. The summed E-state index contributed by atoms with van der Waals surface area (Å²) in [5, 5.41) is 0.686. The molecular formula is C21H25ClN2O3. The van der Waals surface area contributed by atoms with Crippen molar-refractivity contribution in [3.8, 4) is 5.75 Å². The lowest BCUT2D eigenvalue weighted by Crippen LogP contribution is -2.42. The van der Waals surface area contributed by atoms with Crippen LogP contribution in [0, 0.1) is 0 Å². The first-order chi connectivity index (χ1) is 13.0. The molecule has 0 aromatic heterocycles. The summed E-state index contributed by atoms with van der Waals surface area (Å²) in [7, 11) is 3.98. The first-order valence-corrected chi connectivity index (χ1v) is 9.45. The van der Waals surface area contributed by atoms with Crippen LogP contribution >= 0.6 is 11.6 Å². The summed E-state index contributed by atoms with van der Waals surface area (Å²) >= 11 is 5.97. The van der Waals surface area contributed by atoms with Crippen molar-refractivity contribution in [2.24, 2.45) is 0 Å². The molecule has 144 valence electrons. The van der Waals surface area contributed by atoms with Crippen LogP contribution in [0.15, 0.2) is 48.5 Å². The number of likely N-dealkylation sites (N-methyl/N-ethyl adjacent to an activating group) is 1. The Kier molecular flexibility index (Phi) is 6.72. The van der Waals surface area contributed by atoms with Crippen LogP contribution in [0.3, 0.4) is 0 Å². The second-order valence-electron chi connectivity index (χ2n) is 6.81. The van der Waals surface area contributed by atoms with Gasteiger partial charge < -0.3 is 19.3 Å². The van der Waals surface area contributed by atoms with E-state index in [0.29, 0.717) is 42.6 Å². The highest BCUT2D eigenvalue weighted by Gasteiger charge is 2.27. The summed E-state index contributed by atoms with van der Waals surface area (Å²) in [6, 6.07) is 15.0. The Balaban J connectivity index is 1.70. The number of ether oxygens (including phenoxy) is 2. The normalized spacial score (nSPS) is 17.2. The molecule has 1 saturated heterocycles. The van der Waals surface area contributed by atoms with Gasteiger partial charge in [-0.3, -0.25) is 4.79 Å². The molecule has 5 nitrogen and oxygen atoms in total. The van der Waals surface area contributed by atoms with Gasteiger partial charge in [-0.15, -0.1) is 0 Å². The minimum atomic E-state index is -0.151. The van der Waals surface area contributed by atoms with E-state index >= 15 is 0 Å². The highest BCUT2D eigenvalue weighted by Crippen LogP contribution is 2.26. The van der Waals surface area contributed by atoms with E-state index in [4.69, 9.17) is 21.1 Å². The summed E-state index contributed by atoms with van der Waals surface area (Å²) in [4.78, 5) is 17.0. The summed E-state index contributed by atoms with van der Waals surface area (Å²) < 4.78 is 11.7. The smallest absolute Gasteiger partial charge is 0.257 e. The molecule has 0 radical (unpaired) electrons. The maximum Gasteiger partial charge on any atom is 0.257 e. The van der Waals surface area contributed by atoms with Crippen molar-refractivity contribution in [3.05, 3.63) is 64.7 Å². The summed E-state index contributed by atoms with van der Waals surface area (Å²) in [5.41, 5.74) is 1.61. The highest BCUT2D eigenvalue weighted by atomic mass is 35.5. The molecule has 1 aliphatic heterocycles. The van der Waals surface area contributed by atoms with Crippen molar-refractivity contribution in [2.45, 2.75) is 6.10 Å². The third-order valence-electron chi connectivity index (χ3n) is 4.51. The van der Waals surface area contributed by atoms with Crippen LogP contribution in [0.4, 0.5) is 0 Å². The molecule has 0 aliphatic carbocycles. The number of nitrogens with zero attached hydrogens (tertiary/aromatic N) is 2. The second kappa shape index (κ2) is 9.22. The molecule has 1 heterocycles. The molecule has 2 aromatic carbocycles. The van der Waals surface area contributed by atoms with Crippen LogP contribution in [0.25, 0.3) is 0 Å². The van der Waals surface area contributed by atoms with Gasteiger partial charge in [0.25, 0.3) is 5.91 Å². The Morgan fingerprint density at radius 3 is 2.70 bits per heavy atom. The lowest BCUT2D eigenvalue weighted by molar-refractivity contribution is -0.0229. The van der Waals surface area contributed by atoms with Crippen molar-refractivity contribution < 1.29 is 14.3 Å². The minimum Gasteiger partial charge on any atom is -0.491 e. The van der Waals surface area contributed by atoms with Gasteiger partial charge in [-0.1, -0.05) is 35.9 Å². The standard InChI is InChI=1S/C21H25ClN2O3/c1-23(2)11-13-26-19-6-4-3-5-18(19)21(25)24-12-14-27-20(15-24)16-7-9-17(22)10-8-16/h3-10,20H,11-15H2,1-2H3. The number of rotatable bonds is 6. The monoisotopic (exact) mass is 388 g/mol. The van der Waals surface area contributed by atoms with E-state index in [-0.39, 0.29) is 12.0 Å². The molecule has 1 atom stereocenters. The fourth-order valence-electron chi connectivity index (χ4n) is 2.99. The van der Waals surface area contributed by atoms with E-state index in [2.05, 4.69) is 0 Å². The van der Waals surface area contributed by atoms with E-state index in [1.165, 1.54) is 0 Å². The zero-order chi connectivity index (χ0) is 19.2. The summed E-state index contributed by atoms with van der Waals surface area (Å²) in [5.74, 6) is 0.594. The maximum atomic E-state index is 13.1. The van der Waals surface area contributed by atoms with E-state index in [1.54, 1.807) is 0 Å². The summed E-state index contributed by atoms with van der Waals surface area (Å²) in [6.45, 7) is 2.90. The zero-order valence-corrected chi connectivity index (χ0v) is 16.5. The number of benzene rings is 2. The molecule has 0 N–H and O–H groups in total. The first-order valence-electron chi connectivity index (χ1n) is 9.07. The molecule has 1 aliphatic rings. The number of carbonyl (C=O) groups is 1. The van der Waals surface area contributed by atoms with Crippen molar-refractivity contribution >= 4 is 17.5 Å². The molecule has 3 rings (SSSR count). The Morgan fingerprint density at radius 1 is 1.22 bits per heavy atom. The van der Waals surface area contributed by atoms with E-state index in [9.17, 15) is 4.79 Å². The van der Waals surface area contributed by atoms with Crippen molar-refractivity contribution in [1.29, 1.82) is 0 Å². The largest absolute Gasteiger partial charge is 0.491 e. The Hall–Kier alpha value is -2.08. The lowest BCUT2D eigenvalue weighted by Gasteiger charge is -2.33. The third-order valence-corrected chi connectivity index (χ3v) is 4.76. The lowest BCUT2D eigenvalue weighted by atomic mass is 10.1. The number of morpholine rings is 1. The molecule has 6 heteroatoms. The van der Waals surface area contributed by atoms with Gasteiger partial charge in [-0.2, -0.15) is 0 Å². The van der Waals surface area contributed by atoms with E-state index < -0.39 is 0 Å². The predicted octanol–water partition coefficient (Wildman–Crippen LogP) is 3.49. The van der Waals surface area contributed by atoms with Crippen molar-refractivity contribution in [1.82, 2.24) is 9.80 Å². The Morgan fingerprint density at radius 2 is 1.96 bits per heavy atom. The first kappa shape index (κ1) is 19.7. The minimum absolute atomic E-state index is 0.0299. The van der Waals surface area contributed by atoms with Gasteiger partial charge in [0.15, 0.2) is 0 Å². The zero-order valence-electron chi connectivity index (χ0n) is 15.7. The van der Waals surface area contributed by atoms with Gasteiger partial charge in [0, 0.05) is 18.1 Å². The summed E-state index contributed by atoms with van der Waals surface area (Å²) in [6.07, 6.45) is -0.151. The molecule has 27 heavy (non-hydrogen) atoms. The van der Waals surface area contributed by atoms with Gasteiger partial charge in [-0.05, 0) is 43.9 Å². The number of carbonyl (C=O) groups excluding carboxylic acids is 1.